The standard InChI is InChI=1S/C28H40N4O5/c1-5-20(16-27(33)34)21-7-9-25(32(18-19(3)4)23-11-13-36-14-12-23)24(15-21)31-28(35)30-22-8-10-26(29-17-22)37-6-2/h7-10,15,17,19-20,23H,5-6,11-14,16,18H2,1-4H3,(H,33,34)(H2,30,31,35). The van der Waals surface area contributed by atoms with Crippen molar-refractivity contribution in [3.8, 4) is 5.88 Å². The van der Waals surface area contributed by atoms with E-state index in [1.165, 1.54) is 0 Å². The van der Waals surface area contributed by atoms with Gasteiger partial charge in [0.05, 0.1) is 36.3 Å². The summed E-state index contributed by atoms with van der Waals surface area (Å²) in [6.07, 6.45) is 4.10. The molecule has 0 saturated carbocycles. The molecule has 202 valence electrons. The number of carboxylic acid groups (broad SMARTS) is 1. The first-order chi connectivity index (χ1) is 17.8. The summed E-state index contributed by atoms with van der Waals surface area (Å²) in [5, 5.41) is 15.3. The van der Waals surface area contributed by atoms with Gasteiger partial charge in [-0.3, -0.25) is 4.79 Å². The zero-order valence-corrected chi connectivity index (χ0v) is 22.3. The predicted octanol–water partition coefficient (Wildman–Crippen LogP) is 5.73. The van der Waals surface area contributed by atoms with E-state index in [1.54, 1.807) is 18.3 Å². The molecule has 0 aliphatic carbocycles. The summed E-state index contributed by atoms with van der Waals surface area (Å²) >= 11 is 0. The number of benzene rings is 1. The minimum Gasteiger partial charge on any atom is -0.481 e. The van der Waals surface area contributed by atoms with Crippen molar-refractivity contribution < 1.29 is 24.2 Å². The third-order valence-electron chi connectivity index (χ3n) is 6.44. The van der Waals surface area contributed by atoms with Crippen LogP contribution in [0.2, 0.25) is 0 Å². The lowest BCUT2D eigenvalue weighted by atomic mass is 9.92. The number of hydrogen-bond donors (Lipinski definition) is 3. The Morgan fingerprint density at radius 1 is 1.16 bits per heavy atom. The number of nitrogens with one attached hydrogen (secondary N) is 2. The monoisotopic (exact) mass is 512 g/mol. The van der Waals surface area contributed by atoms with Crippen LogP contribution in [-0.4, -0.2) is 54.5 Å². The molecule has 1 aromatic heterocycles. The Hall–Kier alpha value is -3.33. The average molecular weight is 513 g/mol. The van der Waals surface area contributed by atoms with Crippen LogP contribution < -0.4 is 20.3 Å². The molecule has 9 nitrogen and oxygen atoms in total. The number of pyridine rings is 1. The van der Waals surface area contributed by atoms with E-state index in [0.29, 0.717) is 55.5 Å². The largest absolute Gasteiger partial charge is 0.481 e. The highest BCUT2D eigenvalue weighted by Crippen LogP contribution is 2.35. The number of aromatic nitrogens is 1. The highest BCUT2D eigenvalue weighted by molar-refractivity contribution is 6.02. The van der Waals surface area contributed by atoms with Gasteiger partial charge in [0.15, 0.2) is 0 Å². The fraction of sp³-hybridized carbons (Fsp3) is 0.536. The molecule has 37 heavy (non-hydrogen) atoms. The van der Waals surface area contributed by atoms with E-state index in [-0.39, 0.29) is 12.3 Å². The fourth-order valence-electron chi connectivity index (χ4n) is 4.67. The number of aliphatic carboxylic acids is 1. The molecule has 3 N–H and O–H groups in total. The Bertz CT molecular complexity index is 1020. The molecule has 1 aliphatic heterocycles. The second-order valence-corrected chi connectivity index (χ2v) is 9.77. The van der Waals surface area contributed by atoms with Crippen molar-refractivity contribution in [2.75, 3.05) is 41.9 Å². The first-order valence-corrected chi connectivity index (χ1v) is 13.2. The summed E-state index contributed by atoms with van der Waals surface area (Å²) in [4.78, 5) is 31.1. The molecule has 1 fully saturated rings. The molecule has 2 amide bonds. The van der Waals surface area contributed by atoms with Crippen molar-refractivity contribution in [3.63, 3.8) is 0 Å². The lowest BCUT2D eigenvalue weighted by molar-refractivity contribution is -0.137. The Kier molecular flexibility index (Phi) is 10.6. The van der Waals surface area contributed by atoms with Crippen LogP contribution in [0.4, 0.5) is 21.9 Å². The quantitative estimate of drug-likeness (QED) is 0.333. The zero-order chi connectivity index (χ0) is 26.8. The minimum atomic E-state index is -0.838. The molecule has 3 rings (SSSR count). The summed E-state index contributed by atoms with van der Waals surface area (Å²) in [5.74, 6) is -0.0790. The number of carbonyl (C=O) groups is 2. The summed E-state index contributed by atoms with van der Waals surface area (Å²) in [6.45, 7) is 11.0. The molecular formula is C28H40N4O5. The molecule has 9 heteroatoms. The van der Waals surface area contributed by atoms with Crippen LogP contribution in [0.5, 0.6) is 5.88 Å². The molecular weight excluding hydrogens is 472 g/mol. The second-order valence-electron chi connectivity index (χ2n) is 9.77. The van der Waals surface area contributed by atoms with Crippen LogP contribution in [0.15, 0.2) is 36.5 Å². The second kappa shape index (κ2) is 13.8. The maximum Gasteiger partial charge on any atom is 0.323 e. The molecule has 1 atom stereocenters. The van der Waals surface area contributed by atoms with Gasteiger partial charge in [0.1, 0.15) is 0 Å². The SMILES string of the molecule is CCOc1ccc(NC(=O)Nc2cc(C(CC)CC(=O)O)ccc2N(CC(C)C)C2CCOCC2)cn1. The number of carboxylic acids is 1. The maximum atomic E-state index is 13.1. The fourth-order valence-corrected chi connectivity index (χ4v) is 4.67. The van der Waals surface area contributed by atoms with Crippen LogP contribution in [0.25, 0.3) is 0 Å². The zero-order valence-electron chi connectivity index (χ0n) is 22.3. The van der Waals surface area contributed by atoms with Crippen molar-refractivity contribution in [2.45, 2.75) is 65.3 Å². The first-order valence-electron chi connectivity index (χ1n) is 13.2. The Morgan fingerprint density at radius 3 is 2.51 bits per heavy atom. The molecule has 0 spiro atoms. The number of hydrogen-bond acceptors (Lipinski definition) is 6. The van der Waals surface area contributed by atoms with Crippen LogP contribution in [0.3, 0.4) is 0 Å². The molecule has 2 aromatic rings. The van der Waals surface area contributed by atoms with Crippen molar-refractivity contribution in [1.29, 1.82) is 0 Å². The summed E-state index contributed by atoms with van der Waals surface area (Å²) in [6, 6.07) is 9.29. The lowest BCUT2D eigenvalue weighted by Crippen LogP contribution is -2.42. The number of ether oxygens (including phenoxy) is 2. The molecule has 0 bridgehead atoms. The number of rotatable bonds is 12. The van der Waals surface area contributed by atoms with Crippen molar-refractivity contribution >= 4 is 29.1 Å². The summed E-state index contributed by atoms with van der Waals surface area (Å²) < 4.78 is 11.0. The topological polar surface area (TPSA) is 113 Å². The van der Waals surface area contributed by atoms with Crippen LogP contribution in [0, 0.1) is 5.92 Å². The number of nitrogens with zero attached hydrogens (tertiary/aromatic N) is 2. The highest BCUT2D eigenvalue weighted by atomic mass is 16.5. The normalized spacial score (nSPS) is 14.7. The van der Waals surface area contributed by atoms with Crippen molar-refractivity contribution in [1.82, 2.24) is 4.98 Å². The molecule has 1 aliphatic rings. The van der Waals surface area contributed by atoms with Gasteiger partial charge in [0.25, 0.3) is 0 Å². The van der Waals surface area contributed by atoms with Crippen molar-refractivity contribution in [2.24, 2.45) is 5.92 Å². The van der Waals surface area contributed by atoms with Crippen LogP contribution in [0.1, 0.15) is 64.9 Å². The molecule has 2 heterocycles. The molecule has 1 aromatic carbocycles. The van der Waals surface area contributed by atoms with Gasteiger partial charge in [-0.05, 0) is 61.8 Å². The van der Waals surface area contributed by atoms with Crippen LogP contribution in [-0.2, 0) is 9.53 Å². The Labute approximate surface area is 219 Å². The third-order valence-corrected chi connectivity index (χ3v) is 6.44. The highest BCUT2D eigenvalue weighted by Gasteiger charge is 2.26. The Balaban J connectivity index is 1.92. The average Bonchev–Trinajstić information content (AvgIpc) is 2.87. The van der Waals surface area contributed by atoms with E-state index in [0.717, 1.165) is 30.6 Å². The van der Waals surface area contributed by atoms with E-state index >= 15 is 0 Å². The first kappa shape index (κ1) is 28.2. The lowest BCUT2D eigenvalue weighted by Gasteiger charge is -2.38. The van der Waals surface area contributed by atoms with Gasteiger partial charge in [-0.25, -0.2) is 9.78 Å². The third kappa shape index (κ3) is 8.35. The van der Waals surface area contributed by atoms with Gasteiger partial charge in [-0.2, -0.15) is 0 Å². The summed E-state index contributed by atoms with van der Waals surface area (Å²) in [7, 11) is 0. The van der Waals surface area contributed by atoms with Crippen LogP contribution >= 0.6 is 0 Å². The number of carbonyl (C=O) groups excluding carboxylic acids is 1. The summed E-state index contributed by atoms with van der Waals surface area (Å²) in [5.41, 5.74) is 3.02. The van der Waals surface area contributed by atoms with E-state index in [4.69, 9.17) is 9.47 Å². The van der Waals surface area contributed by atoms with E-state index in [1.807, 2.05) is 32.0 Å². The number of amides is 2. The maximum absolute atomic E-state index is 13.1. The van der Waals surface area contributed by atoms with Gasteiger partial charge in [0, 0.05) is 31.9 Å². The predicted molar refractivity (Wildman–Crippen MR) is 146 cm³/mol. The van der Waals surface area contributed by atoms with Gasteiger partial charge >= 0.3 is 12.0 Å². The smallest absolute Gasteiger partial charge is 0.323 e. The van der Waals surface area contributed by atoms with Gasteiger partial charge in [-0.15, -0.1) is 0 Å². The van der Waals surface area contributed by atoms with Gasteiger partial charge in [-0.1, -0.05) is 26.8 Å². The number of anilines is 3. The molecule has 1 saturated heterocycles. The molecule has 0 radical (unpaired) electrons. The minimum absolute atomic E-state index is 0.0367. The van der Waals surface area contributed by atoms with Gasteiger partial charge < -0.3 is 30.1 Å². The van der Waals surface area contributed by atoms with Crippen molar-refractivity contribution in [3.05, 3.63) is 42.1 Å². The van der Waals surface area contributed by atoms with E-state index in [9.17, 15) is 14.7 Å². The Morgan fingerprint density at radius 2 is 1.92 bits per heavy atom. The molecule has 1 unspecified atom stereocenters. The van der Waals surface area contributed by atoms with Gasteiger partial charge in [0.2, 0.25) is 5.88 Å². The number of urea groups is 1. The van der Waals surface area contributed by atoms with E-state index in [2.05, 4.69) is 34.4 Å². The van der Waals surface area contributed by atoms with E-state index < -0.39 is 12.0 Å².